The predicted molar refractivity (Wildman–Crippen MR) is 81.6 cm³/mol. The summed E-state index contributed by atoms with van der Waals surface area (Å²) >= 11 is 0. The lowest BCUT2D eigenvalue weighted by Gasteiger charge is -2.15. The number of hydrogen-bond donors (Lipinski definition) is 2. The molecule has 2 rings (SSSR count). The van der Waals surface area contributed by atoms with E-state index in [9.17, 15) is 13.2 Å². The number of hydrogen-bond acceptors (Lipinski definition) is 3. The zero-order valence-electron chi connectivity index (χ0n) is 12.6. The van der Waals surface area contributed by atoms with Crippen LogP contribution < -0.4 is 10.5 Å². The predicted octanol–water partition coefficient (Wildman–Crippen LogP) is 1.87. The number of sulfonamides is 1. The molecule has 0 saturated heterocycles. The lowest BCUT2D eigenvalue weighted by Crippen LogP contribution is -2.33. The molecule has 6 heteroatoms. The van der Waals surface area contributed by atoms with Crippen molar-refractivity contribution < 1.29 is 13.2 Å². The summed E-state index contributed by atoms with van der Waals surface area (Å²) in [6.07, 6.45) is 3.05. The second-order valence-corrected chi connectivity index (χ2v) is 7.61. The Hall–Kier alpha value is -1.40. The zero-order valence-corrected chi connectivity index (χ0v) is 13.5. The van der Waals surface area contributed by atoms with Gasteiger partial charge in [0.15, 0.2) is 0 Å². The Labute approximate surface area is 126 Å². The van der Waals surface area contributed by atoms with Crippen molar-refractivity contribution in [2.24, 2.45) is 11.1 Å². The molecule has 0 heterocycles. The van der Waals surface area contributed by atoms with Crippen LogP contribution in [0.25, 0.3) is 0 Å². The maximum atomic E-state index is 12.4. The lowest BCUT2D eigenvalue weighted by molar-refractivity contribution is 0.0936. The van der Waals surface area contributed by atoms with Gasteiger partial charge in [0.05, 0.1) is 4.90 Å². The fourth-order valence-electron chi connectivity index (χ4n) is 2.83. The molecule has 1 aromatic rings. The molecule has 1 saturated carbocycles. The second kappa shape index (κ2) is 5.77. The van der Waals surface area contributed by atoms with E-state index in [0.29, 0.717) is 11.5 Å². The highest BCUT2D eigenvalue weighted by Gasteiger charge is 2.24. The first kappa shape index (κ1) is 16.0. The van der Waals surface area contributed by atoms with Crippen LogP contribution in [-0.4, -0.2) is 20.4 Å². The van der Waals surface area contributed by atoms with Crippen molar-refractivity contribution >= 4 is 15.9 Å². The first-order valence-electron chi connectivity index (χ1n) is 7.13. The van der Waals surface area contributed by atoms with E-state index in [2.05, 4.69) is 12.2 Å². The van der Waals surface area contributed by atoms with Gasteiger partial charge in [-0.25, -0.2) is 13.6 Å². The molecule has 5 nitrogen and oxygen atoms in total. The minimum absolute atomic E-state index is 0.0180. The van der Waals surface area contributed by atoms with E-state index >= 15 is 0 Å². The number of benzene rings is 1. The fourth-order valence-corrected chi connectivity index (χ4v) is 3.45. The highest BCUT2D eigenvalue weighted by molar-refractivity contribution is 7.89. The summed E-state index contributed by atoms with van der Waals surface area (Å²) in [6, 6.07) is 3.04. The molecule has 21 heavy (non-hydrogen) atoms. The summed E-state index contributed by atoms with van der Waals surface area (Å²) in [5, 5.41) is 8.16. The van der Waals surface area contributed by atoms with Gasteiger partial charge in [0, 0.05) is 11.6 Å². The molecule has 1 aliphatic carbocycles. The fraction of sp³-hybridized carbons (Fsp3) is 0.533. The SMILES string of the molecule is Cc1cc(S(N)(=O)=O)cc(C(=O)NC2CCC(C)C2)c1C. The summed E-state index contributed by atoms with van der Waals surface area (Å²) in [4.78, 5) is 12.4. The zero-order chi connectivity index (χ0) is 15.8. The number of carbonyl (C=O) groups is 1. The van der Waals surface area contributed by atoms with E-state index in [1.807, 2.05) is 6.92 Å². The average Bonchev–Trinajstić information content (AvgIpc) is 2.76. The molecule has 1 fully saturated rings. The molecule has 0 aliphatic heterocycles. The normalized spacial score (nSPS) is 22.3. The van der Waals surface area contributed by atoms with Gasteiger partial charge in [-0.15, -0.1) is 0 Å². The third kappa shape index (κ3) is 3.63. The number of carbonyl (C=O) groups excluding carboxylic acids is 1. The largest absolute Gasteiger partial charge is 0.349 e. The van der Waals surface area contributed by atoms with E-state index in [0.717, 1.165) is 30.4 Å². The number of nitrogens with two attached hydrogens (primary N) is 1. The minimum atomic E-state index is -3.81. The lowest BCUT2D eigenvalue weighted by atomic mass is 10.0. The van der Waals surface area contributed by atoms with Crippen molar-refractivity contribution in [2.45, 2.75) is 51.0 Å². The Morgan fingerprint density at radius 1 is 1.29 bits per heavy atom. The molecule has 3 N–H and O–H groups in total. The van der Waals surface area contributed by atoms with Crippen molar-refractivity contribution in [3.63, 3.8) is 0 Å². The Bertz CT molecular complexity index is 668. The van der Waals surface area contributed by atoms with Gasteiger partial charge in [0.25, 0.3) is 5.91 Å². The Morgan fingerprint density at radius 2 is 1.95 bits per heavy atom. The standard InChI is InChI=1S/C15H22N2O3S/c1-9-4-5-12(6-9)17-15(18)14-8-13(21(16,19)20)7-10(2)11(14)3/h7-9,12H,4-6H2,1-3H3,(H,17,18)(H2,16,19,20). The molecule has 1 amide bonds. The van der Waals surface area contributed by atoms with Crippen LogP contribution in [0.15, 0.2) is 17.0 Å². The van der Waals surface area contributed by atoms with E-state index < -0.39 is 10.0 Å². The van der Waals surface area contributed by atoms with Crippen LogP contribution in [-0.2, 0) is 10.0 Å². The monoisotopic (exact) mass is 310 g/mol. The van der Waals surface area contributed by atoms with Crippen LogP contribution in [0.3, 0.4) is 0 Å². The highest BCUT2D eigenvalue weighted by Crippen LogP contribution is 2.25. The summed E-state index contributed by atoms with van der Waals surface area (Å²) in [5.41, 5.74) is 1.91. The Balaban J connectivity index is 2.30. The Kier molecular flexibility index (Phi) is 4.39. The molecule has 1 aliphatic rings. The van der Waals surface area contributed by atoms with Gasteiger partial charge in [0.1, 0.15) is 0 Å². The second-order valence-electron chi connectivity index (χ2n) is 6.05. The quantitative estimate of drug-likeness (QED) is 0.893. The van der Waals surface area contributed by atoms with Crippen molar-refractivity contribution in [1.29, 1.82) is 0 Å². The first-order chi connectivity index (χ1) is 9.68. The summed E-state index contributed by atoms with van der Waals surface area (Å²) in [6.45, 7) is 5.76. The van der Waals surface area contributed by atoms with Crippen molar-refractivity contribution in [3.05, 3.63) is 28.8 Å². The molecule has 0 aromatic heterocycles. The number of amides is 1. The number of nitrogens with one attached hydrogen (secondary N) is 1. The van der Waals surface area contributed by atoms with Crippen LogP contribution in [0.5, 0.6) is 0 Å². The highest BCUT2D eigenvalue weighted by atomic mass is 32.2. The molecule has 0 radical (unpaired) electrons. The molecule has 0 spiro atoms. The molecular formula is C15H22N2O3S. The first-order valence-corrected chi connectivity index (χ1v) is 8.68. The molecule has 1 aromatic carbocycles. The molecule has 116 valence electrons. The van der Waals surface area contributed by atoms with Crippen molar-refractivity contribution in [3.8, 4) is 0 Å². The maximum absolute atomic E-state index is 12.4. The van der Waals surface area contributed by atoms with Crippen LogP contribution in [0, 0.1) is 19.8 Å². The third-order valence-electron chi connectivity index (χ3n) is 4.24. The van der Waals surface area contributed by atoms with Crippen LogP contribution in [0.2, 0.25) is 0 Å². The average molecular weight is 310 g/mol. The Morgan fingerprint density at radius 3 is 2.48 bits per heavy atom. The van der Waals surface area contributed by atoms with Gasteiger partial charge >= 0.3 is 0 Å². The van der Waals surface area contributed by atoms with Crippen molar-refractivity contribution in [2.75, 3.05) is 0 Å². The third-order valence-corrected chi connectivity index (χ3v) is 5.14. The number of aryl methyl sites for hydroxylation is 1. The molecule has 0 bridgehead atoms. The van der Waals surface area contributed by atoms with Crippen LogP contribution in [0.4, 0.5) is 0 Å². The van der Waals surface area contributed by atoms with E-state index in [-0.39, 0.29) is 16.8 Å². The van der Waals surface area contributed by atoms with Crippen molar-refractivity contribution in [1.82, 2.24) is 5.32 Å². The van der Waals surface area contributed by atoms with Crippen LogP contribution >= 0.6 is 0 Å². The van der Waals surface area contributed by atoms with Gasteiger partial charge < -0.3 is 5.32 Å². The molecule has 2 unspecified atom stereocenters. The maximum Gasteiger partial charge on any atom is 0.251 e. The van der Waals surface area contributed by atoms with Gasteiger partial charge in [-0.3, -0.25) is 4.79 Å². The van der Waals surface area contributed by atoms with Crippen LogP contribution in [0.1, 0.15) is 47.7 Å². The van der Waals surface area contributed by atoms with Gasteiger partial charge in [0.2, 0.25) is 10.0 Å². The molecule has 2 atom stereocenters. The smallest absolute Gasteiger partial charge is 0.251 e. The topological polar surface area (TPSA) is 89.3 Å². The summed E-state index contributed by atoms with van der Waals surface area (Å²) in [5.74, 6) is 0.397. The van der Waals surface area contributed by atoms with E-state index in [1.54, 1.807) is 6.92 Å². The summed E-state index contributed by atoms with van der Waals surface area (Å²) < 4.78 is 23.0. The van der Waals surface area contributed by atoms with E-state index in [4.69, 9.17) is 5.14 Å². The minimum Gasteiger partial charge on any atom is -0.349 e. The van der Waals surface area contributed by atoms with E-state index in [1.165, 1.54) is 12.1 Å². The number of primary sulfonamides is 1. The summed E-state index contributed by atoms with van der Waals surface area (Å²) in [7, 11) is -3.81. The number of rotatable bonds is 3. The van der Waals surface area contributed by atoms with Gasteiger partial charge in [-0.05, 0) is 62.3 Å². The van der Waals surface area contributed by atoms with Gasteiger partial charge in [-0.2, -0.15) is 0 Å². The van der Waals surface area contributed by atoms with Gasteiger partial charge in [-0.1, -0.05) is 6.92 Å². The molecular weight excluding hydrogens is 288 g/mol.